The van der Waals surface area contributed by atoms with Crippen molar-refractivity contribution in [2.45, 2.75) is 6.92 Å². The van der Waals surface area contributed by atoms with Crippen molar-refractivity contribution in [3.05, 3.63) is 37.6 Å². The molecule has 0 saturated carbocycles. The van der Waals surface area contributed by atoms with Gasteiger partial charge in [0.25, 0.3) is 0 Å². The van der Waals surface area contributed by atoms with Gasteiger partial charge >= 0.3 is 0 Å². The third kappa shape index (κ3) is 3.76. The van der Waals surface area contributed by atoms with E-state index in [9.17, 15) is 0 Å². The molecule has 0 rings (SSSR count). The molecule has 2 nitrogen and oxygen atoms in total. The lowest BCUT2D eigenvalue weighted by Crippen LogP contribution is -2.24. The molecule has 0 aliphatic heterocycles. The van der Waals surface area contributed by atoms with Crippen LogP contribution in [0.5, 0.6) is 0 Å². The molecule has 0 heterocycles. The highest BCUT2D eigenvalue weighted by Crippen LogP contribution is 1.91. The highest BCUT2D eigenvalue weighted by atomic mass is 15.1. The molecule has 0 fully saturated rings. The Bertz CT molecular complexity index is 202. The van der Waals surface area contributed by atoms with Crippen molar-refractivity contribution in [1.82, 2.24) is 4.90 Å². The van der Waals surface area contributed by atoms with Gasteiger partial charge in [-0.3, -0.25) is 0 Å². The minimum absolute atomic E-state index is 0.896. The lowest BCUT2D eigenvalue weighted by Gasteiger charge is -2.15. The van der Waals surface area contributed by atoms with Gasteiger partial charge in [-0.15, -0.1) is 0 Å². The van der Waals surface area contributed by atoms with E-state index < -0.39 is 0 Å². The predicted molar refractivity (Wildman–Crippen MR) is 55.3 cm³/mol. The fourth-order valence-corrected chi connectivity index (χ4v) is 0.678. The maximum atomic E-state index is 4.10. The third-order valence-corrected chi connectivity index (χ3v) is 1.47. The van der Waals surface area contributed by atoms with Crippen molar-refractivity contribution in [1.29, 1.82) is 0 Å². The van der Waals surface area contributed by atoms with Crippen LogP contribution < -0.4 is 0 Å². The Hall–Kier alpha value is -1.31. The Morgan fingerprint density at radius 1 is 1.50 bits per heavy atom. The first-order chi connectivity index (χ1) is 5.76. The number of rotatable bonds is 4. The van der Waals surface area contributed by atoms with Crippen LogP contribution in [0.2, 0.25) is 0 Å². The lowest BCUT2D eigenvalue weighted by molar-refractivity contribution is 0.538. The van der Waals surface area contributed by atoms with E-state index in [1.807, 2.05) is 24.1 Å². The topological polar surface area (TPSA) is 15.6 Å². The molecular weight excluding hydrogens is 148 g/mol. The first-order valence-electron chi connectivity index (χ1n) is 3.95. The van der Waals surface area contributed by atoms with E-state index in [2.05, 4.69) is 25.1 Å². The molecule has 0 aromatic rings. The third-order valence-electron chi connectivity index (χ3n) is 1.47. The van der Waals surface area contributed by atoms with Gasteiger partial charge in [0.2, 0.25) is 0 Å². The number of amidine groups is 1. The van der Waals surface area contributed by atoms with Crippen LogP contribution in [-0.4, -0.2) is 24.3 Å². The van der Waals surface area contributed by atoms with Crippen molar-refractivity contribution < 1.29 is 0 Å². The summed E-state index contributed by atoms with van der Waals surface area (Å²) < 4.78 is 0. The van der Waals surface area contributed by atoms with E-state index in [4.69, 9.17) is 0 Å². The van der Waals surface area contributed by atoms with Gasteiger partial charge in [0.05, 0.1) is 0 Å². The summed E-state index contributed by atoms with van der Waals surface area (Å²) in [5.74, 6) is 0.896. The zero-order valence-corrected chi connectivity index (χ0v) is 7.83. The van der Waals surface area contributed by atoms with Gasteiger partial charge < -0.3 is 4.90 Å². The summed E-state index contributed by atoms with van der Waals surface area (Å²) in [5, 5.41) is 0. The van der Waals surface area contributed by atoms with E-state index in [0.29, 0.717) is 0 Å². The van der Waals surface area contributed by atoms with Gasteiger partial charge in [-0.2, -0.15) is 0 Å². The Kier molecular flexibility index (Phi) is 5.70. The largest absolute Gasteiger partial charge is 0.360 e. The second-order valence-electron chi connectivity index (χ2n) is 2.28. The van der Waals surface area contributed by atoms with Crippen LogP contribution >= 0.6 is 0 Å². The number of likely N-dealkylation sites (N-methyl/N-ethyl adjacent to an activating group) is 1. The number of aliphatic imine (C=N–C) groups is 1. The molecule has 12 heavy (non-hydrogen) atoms. The van der Waals surface area contributed by atoms with Crippen LogP contribution in [-0.2, 0) is 0 Å². The Morgan fingerprint density at radius 3 is 2.58 bits per heavy atom. The first kappa shape index (κ1) is 10.7. The lowest BCUT2D eigenvalue weighted by atomic mass is 10.4. The number of hydrogen-bond donors (Lipinski definition) is 0. The molecule has 0 spiro atoms. The Labute approximate surface area is 74.6 Å². The molecule has 0 aliphatic carbocycles. The summed E-state index contributed by atoms with van der Waals surface area (Å²) in [7, 11) is 1.98. The van der Waals surface area contributed by atoms with E-state index in [1.54, 1.807) is 6.08 Å². The SMILES string of the molecule is C=C/C=C\C(=N/C=C)N(C)CC. The zero-order valence-electron chi connectivity index (χ0n) is 7.83. The molecule has 0 aromatic carbocycles. The summed E-state index contributed by atoms with van der Waals surface area (Å²) in [5.41, 5.74) is 0. The smallest absolute Gasteiger partial charge is 0.128 e. The van der Waals surface area contributed by atoms with Crippen molar-refractivity contribution in [3.8, 4) is 0 Å². The van der Waals surface area contributed by atoms with Crippen molar-refractivity contribution in [2.75, 3.05) is 13.6 Å². The molecule has 0 radical (unpaired) electrons. The van der Waals surface area contributed by atoms with Crippen LogP contribution in [0, 0.1) is 0 Å². The van der Waals surface area contributed by atoms with Gasteiger partial charge in [0.15, 0.2) is 0 Å². The number of nitrogens with zero attached hydrogens (tertiary/aromatic N) is 2. The van der Waals surface area contributed by atoms with Gasteiger partial charge in [-0.1, -0.05) is 25.3 Å². The molecule has 0 bridgehead atoms. The van der Waals surface area contributed by atoms with Crippen molar-refractivity contribution in [2.24, 2.45) is 4.99 Å². The first-order valence-corrected chi connectivity index (χ1v) is 3.95. The molecule has 2 heteroatoms. The number of allylic oxidation sites excluding steroid dienone is 2. The quantitative estimate of drug-likeness (QED) is 0.353. The van der Waals surface area contributed by atoms with Crippen LogP contribution in [0.4, 0.5) is 0 Å². The second kappa shape index (κ2) is 6.40. The summed E-state index contributed by atoms with van der Waals surface area (Å²) in [6, 6.07) is 0. The molecule has 0 aliphatic rings. The van der Waals surface area contributed by atoms with Gasteiger partial charge in [-0.25, -0.2) is 4.99 Å². The molecule has 0 atom stereocenters. The Morgan fingerprint density at radius 2 is 2.17 bits per heavy atom. The average Bonchev–Trinajstić information content (AvgIpc) is 2.11. The number of hydrogen-bond acceptors (Lipinski definition) is 1. The zero-order chi connectivity index (χ0) is 9.40. The Balaban J connectivity index is 4.42. The molecule has 0 saturated heterocycles. The van der Waals surface area contributed by atoms with Gasteiger partial charge in [-0.05, 0) is 13.0 Å². The minimum Gasteiger partial charge on any atom is -0.360 e. The standard InChI is InChI=1S/C10H16N2/c1-5-8-9-10(11-6-2)12(4)7-3/h5-6,8-9H,1-2,7H2,3-4H3/b9-8-,11-10+. The summed E-state index contributed by atoms with van der Waals surface area (Å²) in [4.78, 5) is 6.13. The fourth-order valence-electron chi connectivity index (χ4n) is 0.678. The predicted octanol–water partition coefficient (Wildman–Crippen LogP) is 2.22. The normalized spacial score (nSPS) is 11.7. The maximum absolute atomic E-state index is 4.10. The van der Waals surface area contributed by atoms with E-state index in [1.165, 1.54) is 6.20 Å². The average molecular weight is 164 g/mol. The maximum Gasteiger partial charge on any atom is 0.128 e. The van der Waals surface area contributed by atoms with Crippen LogP contribution in [0.3, 0.4) is 0 Å². The fraction of sp³-hybridized carbons (Fsp3) is 0.300. The van der Waals surface area contributed by atoms with Crippen molar-refractivity contribution >= 4 is 5.84 Å². The van der Waals surface area contributed by atoms with Crippen LogP contribution in [0.25, 0.3) is 0 Å². The monoisotopic (exact) mass is 164 g/mol. The molecule has 0 amide bonds. The van der Waals surface area contributed by atoms with E-state index in [-0.39, 0.29) is 0 Å². The van der Waals surface area contributed by atoms with Crippen molar-refractivity contribution in [3.63, 3.8) is 0 Å². The van der Waals surface area contributed by atoms with Gasteiger partial charge in [0, 0.05) is 19.8 Å². The van der Waals surface area contributed by atoms with Gasteiger partial charge in [0.1, 0.15) is 5.84 Å². The summed E-state index contributed by atoms with van der Waals surface area (Å²) in [6.07, 6.45) is 7.02. The van der Waals surface area contributed by atoms with Crippen LogP contribution in [0.1, 0.15) is 6.92 Å². The van der Waals surface area contributed by atoms with E-state index in [0.717, 1.165) is 12.4 Å². The highest BCUT2D eigenvalue weighted by molar-refractivity contribution is 5.93. The molecule has 0 N–H and O–H groups in total. The highest BCUT2D eigenvalue weighted by Gasteiger charge is 1.96. The second-order valence-corrected chi connectivity index (χ2v) is 2.28. The van der Waals surface area contributed by atoms with E-state index >= 15 is 0 Å². The molecule has 0 aromatic heterocycles. The molecular formula is C10H16N2. The summed E-state index contributed by atoms with van der Waals surface area (Å²) >= 11 is 0. The molecule has 66 valence electrons. The summed E-state index contributed by atoms with van der Waals surface area (Å²) in [6.45, 7) is 10.1. The minimum atomic E-state index is 0.896. The van der Waals surface area contributed by atoms with Crippen LogP contribution in [0.15, 0.2) is 42.6 Å². The molecule has 0 unspecified atom stereocenters.